The van der Waals surface area contributed by atoms with Crippen molar-refractivity contribution in [3.05, 3.63) is 51.4 Å². The Kier molecular flexibility index (Phi) is 3.85. The van der Waals surface area contributed by atoms with E-state index in [0.29, 0.717) is 0 Å². The number of rotatable bonds is 4. The molecule has 0 aliphatic carbocycles. The molecule has 0 amide bonds. The molecule has 20 heavy (non-hydrogen) atoms. The molecule has 0 saturated carbocycles. The highest BCUT2D eigenvalue weighted by molar-refractivity contribution is 7.16. The minimum Gasteiger partial charge on any atom is -0.369 e. The maximum absolute atomic E-state index is 5.93. The number of hydrogen-bond donors (Lipinski definition) is 1. The van der Waals surface area contributed by atoms with E-state index in [1.165, 1.54) is 10.4 Å². The third-order valence-corrected chi connectivity index (χ3v) is 4.37. The molecule has 1 aromatic carbocycles. The van der Waals surface area contributed by atoms with Gasteiger partial charge in [-0.15, -0.1) is 11.3 Å². The molecule has 0 radical (unpaired) electrons. The summed E-state index contributed by atoms with van der Waals surface area (Å²) in [4.78, 5) is 9.90. The van der Waals surface area contributed by atoms with Gasteiger partial charge in [-0.3, -0.25) is 0 Å². The van der Waals surface area contributed by atoms with Crippen molar-refractivity contribution in [1.82, 2.24) is 9.97 Å². The fraction of sp³-hybridized carbons (Fsp3) is 0.200. The number of halogens is 1. The average molecular weight is 304 g/mol. The van der Waals surface area contributed by atoms with Crippen LogP contribution in [0.1, 0.15) is 10.4 Å². The molecule has 0 spiro atoms. The molecule has 102 valence electrons. The standard InChI is InChI=1S/C15H14ClN3S/c1-10-2-4-13-12(8-10)15(19-9-18-13)17-7-6-11-3-5-14(16)20-11/h2-5,8-9H,6-7H2,1H3,(H,17,18,19). The lowest BCUT2D eigenvalue weighted by molar-refractivity contribution is 1.03. The Morgan fingerprint density at radius 2 is 2.10 bits per heavy atom. The van der Waals surface area contributed by atoms with Crippen LogP contribution in [0.5, 0.6) is 0 Å². The van der Waals surface area contributed by atoms with E-state index in [1.807, 2.05) is 12.1 Å². The molecule has 1 N–H and O–H groups in total. The van der Waals surface area contributed by atoms with Crippen molar-refractivity contribution in [3.63, 3.8) is 0 Å². The maximum atomic E-state index is 5.93. The predicted octanol–water partition coefficient (Wildman–Crippen LogP) is 4.31. The molecule has 0 fully saturated rings. The first-order chi connectivity index (χ1) is 9.72. The van der Waals surface area contributed by atoms with Gasteiger partial charge in [0.1, 0.15) is 12.1 Å². The monoisotopic (exact) mass is 303 g/mol. The summed E-state index contributed by atoms with van der Waals surface area (Å²) in [6.07, 6.45) is 2.54. The summed E-state index contributed by atoms with van der Waals surface area (Å²) >= 11 is 7.55. The van der Waals surface area contributed by atoms with Crippen LogP contribution in [0.2, 0.25) is 4.34 Å². The molecule has 2 heterocycles. The third-order valence-electron chi connectivity index (χ3n) is 3.08. The first-order valence-corrected chi connectivity index (χ1v) is 7.61. The van der Waals surface area contributed by atoms with E-state index < -0.39 is 0 Å². The quantitative estimate of drug-likeness (QED) is 0.780. The lowest BCUT2D eigenvalue weighted by Crippen LogP contribution is -2.06. The lowest BCUT2D eigenvalue weighted by Gasteiger charge is -2.08. The van der Waals surface area contributed by atoms with Gasteiger partial charge in [-0.25, -0.2) is 9.97 Å². The van der Waals surface area contributed by atoms with Gasteiger partial charge in [0.15, 0.2) is 0 Å². The molecule has 0 atom stereocenters. The first-order valence-electron chi connectivity index (χ1n) is 6.42. The second-order valence-electron chi connectivity index (χ2n) is 4.63. The van der Waals surface area contributed by atoms with E-state index in [9.17, 15) is 0 Å². The van der Waals surface area contributed by atoms with Crippen LogP contribution in [0.3, 0.4) is 0 Å². The largest absolute Gasteiger partial charge is 0.369 e. The topological polar surface area (TPSA) is 37.8 Å². The summed E-state index contributed by atoms with van der Waals surface area (Å²) < 4.78 is 0.836. The first kappa shape index (κ1) is 13.3. The Balaban J connectivity index is 1.75. The zero-order valence-corrected chi connectivity index (χ0v) is 12.6. The summed E-state index contributed by atoms with van der Waals surface area (Å²) in [6, 6.07) is 10.2. The van der Waals surface area contributed by atoms with E-state index in [4.69, 9.17) is 11.6 Å². The highest BCUT2D eigenvalue weighted by Crippen LogP contribution is 2.23. The second kappa shape index (κ2) is 5.77. The number of anilines is 1. The van der Waals surface area contributed by atoms with Gasteiger partial charge in [0.2, 0.25) is 0 Å². The van der Waals surface area contributed by atoms with E-state index >= 15 is 0 Å². The van der Waals surface area contributed by atoms with Gasteiger partial charge in [-0.05, 0) is 37.6 Å². The summed E-state index contributed by atoms with van der Waals surface area (Å²) in [5, 5.41) is 4.45. The lowest BCUT2D eigenvalue weighted by atomic mass is 10.1. The van der Waals surface area contributed by atoms with E-state index in [2.05, 4.69) is 40.4 Å². The van der Waals surface area contributed by atoms with E-state index in [-0.39, 0.29) is 0 Å². The van der Waals surface area contributed by atoms with Crippen molar-refractivity contribution >= 4 is 39.7 Å². The Bertz CT molecular complexity index is 739. The van der Waals surface area contributed by atoms with E-state index in [1.54, 1.807) is 17.7 Å². The summed E-state index contributed by atoms with van der Waals surface area (Å²) in [6.45, 7) is 2.90. The Hall–Kier alpha value is -1.65. The van der Waals surface area contributed by atoms with Crippen LogP contribution in [0.25, 0.3) is 10.9 Å². The van der Waals surface area contributed by atoms with Gasteiger partial charge < -0.3 is 5.32 Å². The van der Waals surface area contributed by atoms with Crippen LogP contribution in [0.15, 0.2) is 36.7 Å². The van der Waals surface area contributed by atoms with Crippen molar-refractivity contribution in [2.45, 2.75) is 13.3 Å². The molecule has 3 nitrogen and oxygen atoms in total. The molecule has 0 bridgehead atoms. The molecule has 0 aliphatic rings. The van der Waals surface area contributed by atoms with Crippen LogP contribution in [0.4, 0.5) is 5.82 Å². The molecule has 2 aromatic heterocycles. The van der Waals surface area contributed by atoms with Gasteiger partial charge in [0.25, 0.3) is 0 Å². The zero-order valence-electron chi connectivity index (χ0n) is 11.1. The molecule has 0 aliphatic heterocycles. The van der Waals surface area contributed by atoms with Crippen molar-refractivity contribution in [2.24, 2.45) is 0 Å². The number of thiophene rings is 1. The zero-order chi connectivity index (χ0) is 13.9. The molecular formula is C15H14ClN3S. The van der Waals surface area contributed by atoms with Gasteiger partial charge >= 0.3 is 0 Å². The highest BCUT2D eigenvalue weighted by atomic mass is 35.5. The average Bonchev–Trinajstić information content (AvgIpc) is 2.85. The summed E-state index contributed by atoms with van der Waals surface area (Å²) in [5.41, 5.74) is 2.17. The number of hydrogen-bond acceptors (Lipinski definition) is 4. The summed E-state index contributed by atoms with van der Waals surface area (Å²) in [5.74, 6) is 0.890. The molecule has 5 heteroatoms. The van der Waals surface area contributed by atoms with Crippen molar-refractivity contribution in [1.29, 1.82) is 0 Å². The second-order valence-corrected chi connectivity index (χ2v) is 6.43. The summed E-state index contributed by atoms with van der Waals surface area (Å²) in [7, 11) is 0. The maximum Gasteiger partial charge on any atom is 0.137 e. The van der Waals surface area contributed by atoms with Crippen LogP contribution < -0.4 is 5.32 Å². The number of benzene rings is 1. The molecule has 3 aromatic rings. The Morgan fingerprint density at radius 3 is 2.90 bits per heavy atom. The molecule has 3 rings (SSSR count). The van der Waals surface area contributed by atoms with Crippen LogP contribution in [-0.2, 0) is 6.42 Å². The Labute approximate surface area is 126 Å². The van der Waals surface area contributed by atoms with Gasteiger partial charge in [-0.1, -0.05) is 23.2 Å². The van der Waals surface area contributed by atoms with Crippen molar-refractivity contribution < 1.29 is 0 Å². The fourth-order valence-corrected chi connectivity index (χ4v) is 3.19. The highest BCUT2D eigenvalue weighted by Gasteiger charge is 2.04. The normalized spacial score (nSPS) is 10.9. The van der Waals surface area contributed by atoms with Gasteiger partial charge in [-0.2, -0.15) is 0 Å². The van der Waals surface area contributed by atoms with Crippen LogP contribution >= 0.6 is 22.9 Å². The number of fused-ring (bicyclic) bond motifs is 1. The third kappa shape index (κ3) is 2.92. The number of nitrogens with one attached hydrogen (secondary N) is 1. The number of aromatic nitrogens is 2. The van der Waals surface area contributed by atoms with Crippen molar-refractivity contribution in [2.75, 3.05) is 11.9 Å². The van der Waals surface area contributed by atoms with Crippen LogP contribution in [-0.4, -0.2) is 16.5 Å². The molecule has 0 saturated heterocycles. The number of nitrogens with zero attached hydrogens (tertiary/aromatic N) is 2. The number of aryl methyl sites for hydroxylation is 1. The van der Waals surface area contributed by atoms with Crippen molar-refractivity contribution in [3.8, 4) is 0 Å². The molecule has 0 unspecified atom stereocenters. The predicted molar refractivity (Wildman–Crippen MR) is 85.8 cm³/mol. The van der Waals surface area contributed by atoms with Crippen LogP contribution in [0, 0.1) is 6.92 Å². The Morgan fingerprint density at radius 1 is 1.20 bits per heavy atom. The van der Waals surface area contributed by atoms with E-state index in [0.717, 1.165) is 34.0 Å². The smallest absolute Gasteiger partial charge is 0.137 e. The SMILES string of the molecule is Cc1ccc2ncnc(NCCc3ccc(Cl)s3)c2c1. The van der Waals surface area contributed by atoms with Gasteiger partial charge in [0, 0.05) is 16.8 Å². The van der Waals surface area contributed by atoms with Gasteiger partial charge in [0.05, 0.1) is 9.85 Å². The minimum atomic E-state index is 0.830. The fourth-order valence-electron chi connectivity index (χ4n) is 2.10. The minimum absolute atomic E-state index is 0.830. The molecular weight excluding hydrogens is 290 g/mol.